The predicted octanol–water partition coefficient (Wildman–Crippen LogP) is 0.695. The van der Waals surface area contributed by atoms with E-state index in [1.165, 1.54) is 6.42 Å². The van der Waals surface area contributed by atoms with Gasteiger partial charge in [-0.25, -0.2) is 0 Å². The molecule has 1 unspecified atom stereocenters. The summed E-state index contributed by atoms with van der Waals surface area (Å²) in [7, 11) is 3.51. The van der Waals surface area contributed by atoms with Gasteiger partial charge in [0.15, 0.2) is 5.41 Å². The maximum Gasteiger partial charge on any atom is 0.245 e. The van der Waals surface area contributed by atoms with Crippen LogP contribution in [0.15, 0.2) is 0 Å². The third kappa shape index (κ3) is 2.55. The Morgan fingerprint density at radius 1 is 1.21 bits per heavy atom. The van der Waals surface area contributed by atoms with Crippen LogP contribution >= 0.6 is 0 Å². The highest BCUT2D eigenvalue weighted by molar-refractivity contribution is 6.55. The minimum absolute atomic E-state index is 0.455. The van der Waals surface area contributed by atoms with Crippen LogP contribution in [0.5, 0.6) is 0 Å². The Morgan fingerprint density at radius 3 is 2.36 bits per heavy atom. The highest BCUT2D eigenvalue weighted by Crippen LogP contribution is 2.24. The molecule has 0 aromatic heterocycles. The number of methoxy groups -OCH3 is 3. The Morgan fingerprint density at radius 2 is 1.93 bits per heavy atom. The lowest BCUT2D eigenvalue weighted by Crippen LogP contribution is -2.55. The first kappa shape index (κ1) is 12.1. The van der Waals surface area contributed by atoms with Crippen LogP contribution in [-0.4, -0.2) is 49.0 Å². The van der Waals surface area contributed by atoms with Crippen molar-refractivity contribution in [3.8, 4) is 0 Å². The van der Waals surface area contributed by atoms with Gasteiger partial charge in [0.25, 0.3) is 0 Å². The van der Waals surface area contributed by atoms with Gasteiger partial charge >= 0.3 is 0 Å². The summed E-state index contributed by atoms with van der Waals surface area (Å²) in [6.45, 7) is 1.30. The Bertz CT molecular complexity index is 155. The van der Waals surface area contributed by atoms with Crippen molar-refractivity contribution in [1.82, 2.24) is 0 Å². The second kappa shape index (κ2) is 5.82. The predicted molar refractivity (Wildman–Crippen MR) is 55.8 cm³/mol. The van der Waals surface area contributed by atoms with Crippen molar-refractivity contribution in [3.63, 3.8) is 0 Å². The first-order chi connectivity index (χ1) is 6.79. The molecular formula is C9H20O4Si. The van der Waals surface area contributed by atoms with Crippen LogP contribution in [0.3, 0.4) is 0 Å². The van der Waals surface area contributed by atoms with Gasteiger partial charge in [0.1, 0.15) is 0 Å². The van der Waals surface area contributed by atoms with Gasteiger partial charge in [0.05, 0.1) is 6.61 Å². The Kier molecular flexibility index (Phi) is 5.04. The van der Waals surface area contributed by atoms with E-state index in [-0.39, 0.29) is 0 Å². The summed E-state index contributed by atoms with van der Waals surface area (Å²) in [5, 5.41) is 0. The van der Waals surface area contributed by atoms with Crippen LogP contribution < -0.4 is 0 Å². The van der Waals surface area contributed by atoms with E-state index in [4.69, 9.17) is 18.6 Å². The van der Waals surface area contributed by atoms with Crippen molar-refractivity contribution in [3.05, 3.63) is 0 Å². The maximum absolute atomic E-state index is 5.79. The molecule has 5 heteroatoms. The van der Waals surface area contributed by atoms with Gasteiger partial charge < -0.3 is 18.6 Å². The molecule has 14 heavy (non-hydrogen) atoms. The molecule has 0 radical (unpaired) electrons. The summed E-state index contributed by atoms with van der Waals surface area (Å²) in [6.07, 6.45) is 2.37. The first-order valence-electron chi connectivity index (χ1n) is 5.00. The topological polar surface area (TPSA) is 36.9 Å². The fourth-order valence-electron chi connectivity index (χ4n) is 1.85. The average Bonchev–Trinajstić information content (AvgIpc) is 2.27. The second-order valence-electron chi connectivity index (χ2n) is 3.51. The molecule has 0 saturated carbocycles. The smallest absolute Gasteiger partial charge is 0.245 e. The van der Waals surface area contributed by atoms with Gasteiger partial charge in [-0.05, 0) is 12.5 Å². The second-order valence-corrected chi connectivity index (χ2v) is 6.28. The number of ether oxygens (including phenoxy) is 3. The van der Waals surface area contributed by atoms with E-state index < -0.39 is 14.5 Å². The highest BCUT2D eigenvalue weighted by atomic mass is 28.3. The summed E-state index contributed by atoms with van der Waals surface area (Å²) in [6, 6.07) is 1.10. The van der Waals surface area contributed by atoms with Crippen molar-refractivity contribution in [2.45, 2.75) is 24.3 Å². The lowest BCUT2D eigenvalue weighted by molar-refractivity contribution is -0.185. The molecule has 0 bridgehead atoms. The van der Waals surface area contributed by atoms with Crippen molar-refractivity contribution >= 4 is 9.04 Å². The van der Waals surface area contributed by atoms with Crippen molar-refractivity contribution in [2.24, 2.45) is 0 Å². The monoisotopic (exact) mass is 220 g/mol. The van der Waals surface area contributed by atoms with Gasteiger partial charge in [-0.2, -0.15) is 0 Å². The molecule has 1 rings (SSSR count). The highest BCUT2D eigenvalue weighted by Gasteiger charge is 2.43. The molecule has 1 atom stereocenters. The van der Waals surface area contributed by atoms with Crippen LogP contribution in [0.25, 0.3) is 0 Å². The normalized spacial score (nSPS) is 23.8. The lowest BCUT2D eigenvalue weighted by Gasteiger charge is -2.38. The summed E-state index contributed by atoms with van der Waals surface area (Å²) < 4.78 is 21.8. The molecule has 1 saturated heterocycles. The molecule has 0 aromatic rings. The molecule has 1 aliphatic rings. The minimum Gasteiger partial charge on any atom is -0.414 e. The van der Waals surface area contributed by atoms with Crippen LogP contribution in [0, 0.1) is 0 Å². The third-order valence-corrected chi connectivity index (χ3v) is 5.90. The quantitative estimate of drug-likeness (QED) is 0.505. The van der Waals surface area contributed by atoms with Gasteiger partial charge in [0.2, 0.25) is 9.04 Å². The van der Waals surface area contributed by atoms with E-state index in [0.717, 1.165) is 19.1 Å². The van der Waals surface area contributed by atoms with Gasteiger partial charge in [0, 0.05) is 27.9 Å². The molecule has 0 amide bonds. The Hall–Kier alpha value is 0.0569. The van der Waals surface area contributed by atoms with Gasteiger partial charge in [-0.3, -0.25) is 0 Å². The fourth-order valence-corrected chi connectivity index (χ4v) is 4.70. The van der Waals surface area contributed by atoms with Crippen molar-refractivity contribution < 1.29 is 18.6 Å². The van der Waals surface area contributed by atoms with E-state index >= 15 is 0 Å². The van der Waals surface area contributed by atoms with Crippen LogP contribution in [0.1, 0.15) is 12.8 Å². The molecule has 84 valence electrons. The van der Waals surface area contributed by atoms with E-state index in [1.54, 1.807) is 21.3 Å². The van der Waals surface area contributed by atoms with E-state index in [9.17, 15) is 0 Å². The van der Waals surface area contributed by atoms with Crippen LogP contribution in [0.2, 0.25) is 6.04 Å². The van der Waals surface area contributed by atoms with E-state index in [0.29, 0.717) is 6.61 Å². The third-order valence-electron chi connectivity index (χ3n) is 2.71. The fraction of sp³-hybridized carbons (Fsp3) is 1.00. The number of hydrogen-bond acceptors (Lipinski definition) is 4. The maximum atomic E-state index is 5.79. The zero-order valence-corrected chi connectivity index (χ0v) is 10.4. The molecule has 0 aliphatic carbocycles. The molecule has 4 nitrogen and oxygen atoms in total. The molecular weight excluding hydrogens is 200 g/mol. The van der Waals surface area contributed by atoms with Gasteiger partial charge in [-0.1, -0.05) is 6.42 Å². The first-order valence-corrected chi connectivity index (χ1v) is 6.86. The molecule has 0 N–H and O–H groups in total. The zero-order valence-electron chi connectivity index (χ0n) is 9.25. The largest absolute Gasteiger partial charge is 0.414 e. The zero-order chi connectivity index (χ0) is 10.4. The molecule has 0 spiro atoms. The SMILES string of the molecule is COCC(OC)(OC)[SiH]1CCCCO1. The summed E-state index contributed by atoms with van der Waals surface area (Å²) >= 11 is 0. The lowest BCUT2D eigenvalue weighted by atomic mass is 10.4. The Labute approximate surface area is 87.2 Å². The molecule has 1 fully saturated rings. The molecule has 0 aromatic carbocycles. The van der Waals surface area contributed by atoms with E-state index in [1.807, 2.05) is 0 Å². The van der Waals surface area contributed by atoms with Crippen molar-refractivity contribution in [1.29, 1.82) is 0 Å². The summed E-state index contributed by atoms with van der Waals surface area (Å²) in [5.41, 5.74) is -0.602. The minimum atomic E-state index is -1.46. The molecule has 1 aliphatic heterocycles. The van der Waals surface area contributed by atoms with Gasteiger partial charge in [-0.15, -0.1) is 0 Å². The van der Waals surface area contributed by atoms with E-state index in [2.05, 4.69) is 0 Å². The Balaban J connectivity index is 2.62. The van der Waals surface area contributed by atoms with Crippen LogP contribution in [0.4, 0.5) is 0 Å². The number of hydrogen-bond donors (Lipinski definition) is 0. The summed E-state index contributed by atoms with van der Waals surface area (Å²) in [4.78, 5) is 0. The summed E-state index contributed by atoms with van der Waals surface area (Å²) in [5.74, 6) is 0. The van der Waals surface area contributed by atoms with Crippen molar-refractivity contribution in [2.75, 3.05) is 34.5 Å². The number of rotatable bonds is 5. The average molecular weight is 220 g/mol. The molecule has 1 heterocycles. The standard InChI is InChI=1S/C9H20O4Si/c1-10-8-9(11-2,12-3)14-7-5-4-6-13-14/h14H,4-8H2,1-3H3. The van der Waals surface area contributed by atoms with Crippen LogP contribution in [-0.2, 0) is 18.6 Å².